The Labute approximate surface area is 194 Å². The van der Waals surface area contributed by atoms with Gasteiger partial charge in [-0.25, -0.2) is 0 Å². The standard InChI is InChI=1S/C14H21NO.C14H19NO/c2*1-5-6-13(14(16)15-4)12-8-7-10(2)11(3)9-12/h7-9,13H,5-6H2,1-4H3,(H,15,16);6-9H,5H2,1-4H3,(H,15,16)/b;13-6+. The summed E-state index contributed by atoms with van der Waals surface area (Å²) in [6, 6.07) is 12.4. The fourth-order valence-electron chi connectivity index (χ4n) is 3.48. The second-order valence-corrected chi connectivity index (χ2v) is 8.20. The normalized spacial score (nSPS) is 11.8. The molecule has 0 heterocycles. The predicted molar refractivity (Wildman–Crippen MR) is 136 cm³/mol. The molecule has 0 radical (unpaired) electrons. The Morgan fingerprint density at radius 1 is 0.844 bits per heavy atom. The highest BCUT2D eigenvalue weighted by atomic mass is 16.2. The molecule has 0 saturated carbocycles. The van der Waals surface area contributed by atoms with E-state index >= 15 is 0 Å². The number of carbonyl (C=O) groups excluding carboxylic acids is 2. The van der Waals surface area contributed by atoms with Crippen molar-refractivity contribution < 1.29 is 9.59 Å². The summed E-state index contributed by atoms with van der Waals surface area (Å²) in [5.74, 6) is 0.0875. The second-order valence-electron chi connectivity index (χ2n) is 8.20. The van der Waals surface area contributed by atoms with Gasteiger partial charge in [-0.3, -0.25) is 9.59 Å². The number of carbonyl (C=O) groups is 2. The molecule has 0 aliphatic heterocycles. The molecule has 0 aliphatic carbocycles. The largest absolute Gasteiger partial charge is 0.359 e. The molecule has 2 amide bonds. The van der Waals surface area contributed by atoms with E-state index in [4.69, 9.17) is 0 Å². The maximum Gasteiger partial charge on any atom is 0.251 e. The second kappa shape index (κ2) is 13.5. The van der Waals surface area contributed by atoms with Crippen LogP contribution in [-0.4, -0.2) is 25.9 Å². The Morgan fingerprint density at radius 3 is 1.91 bits per heavy atom. The molecule has 0 fully saturated rings. The van der Waals surface area contributed by atoms with Crippen LogP contribution in [0.1, 0.15) is 72.4 Å². The van der Waals surface area contributed by atoms with Gasteiger partial charge in [0.15, 0.2) is 0 Å². The lowest BCUT2D eigenvalue weighted by atomic mass is 9.91. The summed E-state index contributed by atoms with van der Waals surface area (Å²) in [5.41, 5.74) is 7.86. The van der Waals surface area contributed by atoms with Gasteiger partial charge in [-0.05, 0) is 73.9 Å². The van der Waals surface area contributed by atoms with Gasteiger partial charge in [0.2, 0.25) is 5.91 Å². The van der Waals surface area contributed by atoms with E-state index in [1.165, 1.54) is 22.3 Å². The van der Waals surface area contributed by atoms with Crippen LogP contribution >= 0.6 is 0 Å². The summed E-state index contributed by atoms with van der Waals surface area (Å²) in [4.78, 5) is 23.5. The van der Waals surface area contributed by atoms with Gasteiger partial charge < -0.3 is 10.6 Å². The summed E-state index contributed by atoms with van der Waals surface area (Å²) in [7, 11) is 3.36. The molecule has 0 aliphatic rings. The maximum atomic E-state index is 11.8. The van der Waals surface area contributed by atoms with Crippen molar-refractivity contribution in [2.75, 3.05) is 14.1 Å². The van der Waals surface area contributed by atoms with Crippen molar-refractivity contribution in [3.05, 3.63) is 75.9 Å². The third-order valence-corrected chi connectivity index (χ3v) is 5.77. The van der Waals surface area contributed by atoms with Crippen molar-refractivity contribution in [3.8, 4) is 0 Å². The van der Waals surface area contributed by atoms with Gasteiger partial charge in [0.25, 0.3) is 5.91 Å². The Bertz CT molecular complexity index is 944. The van der Waals surface area contributed by atoms with Gasteiger partial charge in [-0.1, -0.05) is 62.7 Å². The fraction of sp³-hybridized carbons (Fsp3) is 0.429. The first-order valence-electron chi connectivity index (χ1n) is 11.5. The Morgan fingerprint density at radius 2 is 1.44 bits per heavy atom. The van der Waals surface area contributed by atoms with E-state index in [9.17, 15) is 9.59 Å². The Kier molecular flexibility index (Phi) is 11.5. The average molecular weight is 437 g/mol. The van der Waals surface area contributed by atoms with Gasteiger partial charge in [-0.2, -0.15) is 0 Å². The first kappa shape index (κ1) is 27.2. The number of likely N-dealkylation sites (N-methyl/N-ethyl adjacent to an activating group) is 2. The molecular formula is C28H40N2O2. The molecular weight excluding hydrogens is 396 g/mol. The highest BCUT2D eigenvalue weighted by Gasteiger charge is 2.18. The van der Waals surface area contributed by atoms with Gasteiger partial charge in [-0.15, -0.1) is 0 Å². The van der Waals surface area contributed by atoms with Crippen LogP contribution in [-0.2, 0) is 9.59 Å². The maximum absolute atomic E-state index is 11.8. The van der Waals surface area contributed by atoms with Crippen LogP contribution in [0.15, 0.2) is 42.5 Å². The van der Waals surface area contributed by atoms with Crippen LogP contribution in [0.5, 0.6) is 0 Å². The summed E-state index contributed by atoms with van der Waals surface area (Å²) in [6.45, 7) is 12.5. The molecule has 2 rings (SSSR count). The van der Waals surface area contributed by atoms with Gasteiger partial charge in [0.1, 0.15) is 0 Å². The number of aryl methyl sites for hydroxylation is 4. The highest BCUT2D eigenvalue weighted by molar-refractivity contribution is 6.19. The van der Waals surface area contributed by atoms with Gasteiger partial charge in [0, 0.05) is 19.7 Å². The quantitative estimate of drug-likeness (QED) is 0.541. The van der Waals surface area contributed by atoms with Crippen molar-refractivity contribution in [1.29, 1.82) is 0 Å². The van der Waals surface area contributed by atoms with E-state index in [2.05, 4.69) is 75.6 Å². The Hall–Kier alpha value is -2.88. The van der Waals surface area contributed by atoms with E-state index in [0.717, 1.165) is 36.0 Å². The molecule has 0 spiro atoms. The van der Waals surface area contributed by atoms with Crippen molar-refractivity contribution in [1.82, 2.24) is 10.6 Å². The van der Waals surface area contributed by atoms with E-state index in [0.29, 0.717) is 0 Å². The number of amides is 2. The molecule has 2 aromatic rings. The van der Waals surface area contributed by atoms with Crippen molar-refractivity contribution in [3.63, 3.8) is 0 Å². The lowest BCUT2D eigenvalue weighted by molar-refractivity contribution is -0.122. The predicted octanol–water partition coefficient (Wildman–Crippen LogP) is 5.78. The minimum Gasteiger partial charge on any atom is -0.359 e. The van der Waals surface area contributed by atoms with Crippen LogP contribution < -0.4 is 10.6 Å². The topological polar surface area (TPSA) is 58.2 Å². The molecule has 2 aromatic carbocycles. The monoisotopic (exact) mass is 436 g/mol. The molecule has 2 N–H and O–H groups in total. The van der Waals surface area contributed by atoms with Gasteiger partial charge >= 0.3 is 0 Å². The lowest BCUT2D eigenvalue weighted by Crippen LogP contribution is -2.25. The molecule has 32 heavy (non-hydrogen) atoms. The van der Waals surface area contributed by atoms with Crippen LogP contribution in [0.25, 0.3) is 5.57 Å². The molecule has 4 nitrogen and oxygen atoms in total. The fourth-order valence-corrected chi connectivity index (χ4v) is 3.48. The zero-order valence-corrected chi connectivity index (χ0v) is 21.1. The zero-order chi connectivity index (χ0) is 24.3. The Balaban J connectivity index is 0.000000320. The first-order valence-corrected chi connectivity index (χ1v) is 11.5. The SMILES string of the molecule is CC/C=C(/C(=O)NC)c1ccc(C)c(C)c1.CCCC(C(=O)NC)c1ccc(C)c(C)c1. The van der Waals surface area contributed by atoms with Crippen molar-refractivity contribution in [2.24, 2.45) is 0 Å². The smallest absolute Gasteiger partial charge is 0.251 e. The van der Waals surface area contributed by atoms with E-state index in [1.54, 1.807) is 14.1 Å². The number of hydrogen-bond donors (Lipinski definition) is 2. The minimum atomic E-state index is -0.0231. The number of rotatable bonds is 7. The number of hydrogen-bond acceptors (Lipinski definition) is 2. The molecule has 0 aromatic heterocycles. The van der Waals surface area contributed by atoms with E-state index in [1.807, 2.05) is 19.1 Å². The number of benzene rings is 2. The molecule has 4 heteroatoms. The molecule has 1 atom stereocenters. The summed E-state index contributed by atoms with van der Waals surface area (Å²) in [5, 5.41) is 5.42. The third kappa shape index (κ3) is 7.67. The molecule has 0 saturated heterocycles. The summed E-state index contributed by atoms with van der Waals surface area (Å²) < 4.78 is 0. The lowest BCUT2D eigenvalue weighted by Gasteiger charge is -2.16. The molecule has 0 bridgehead atoms. The average Bonchev–Trinajstić information content (AvgIpc) is 2.79. The third-order valence-electron chi connectivity index (χ3n) is 5.77. The van der Waals surface area contributed by atoms with Crippen LogP contribution in [0.2, 0.25) is 0 Å². The molecule has 174 valence electrons. The summed E-state index contributed by atoms with van der Waals surface area (Å²) >= 11 is 0. The number of nitrogens with one attached hydrogen (secondary N) is 2. The van der Waals surface area contributed by atoms with Gasteiger partial charge in [0.05, 0.1) is 5.92 Å². The summed E-state index contributed by atoms with van der Waals surface area (Å²) in [6.07, 6.45) is 4.74. The molecule has 1 unspecified atom stereocenters. The zero-order valence-electron chi connectivity index (χ0n) is 21.1. The van der Waals surface area contributed by atoms with Crippen molar-refractivity contribution in [2.45, 2.75) is 66.7 Å². The van der Waals surface area contributed by atoms with E-state index in [-0.39, 0.29) is 17.7 Å². The van der Waals surface area contributed by atoms with Crippen LogP contribution in [0.3, 0.4) is 0 Å². The van der Waals surface area contributed by atoms with Crippen molar-refractivity contribution >= 4 is 17.4 Å². The first-order chi connectivity index (χ1) is 15.2. The minimum absolute atomic E-state index is 0.00528. The van der Waals surface area contributed by atoms with Crippen LogP contribution in [0, 0.1) is 27.7 Å². The number of allylic oxidation sites excluding steroid dienone is 1. The van der Waals surface area contributed by atoms with Crippen LogP contribution in [0.4, 0.5) is 0 Å². The van der Waals surface area contributed by atoms with E-state index < -0.39 is 0 Å². The highest BCUT2D eigenvalue weighted by Crippen LogP contribution is 2.23.